The minimum atomic E-state index is -0.353. The SMILES string of the molecule is CCc1ccc(OCC(=O)N(CCC(=O)OC)Cc2ccncc2)cc1. The lowest BCUT2D eigenvalue weighted by molar-refractivity contribution is -0.142. The topological polar surface area (TPSA) is 68.7 Å². The van der Waals surface area contributed by atoms with Crippen LogP contribution in [-0.4, -0.2) is 42.0 Å². The van der Waals surface area contributed by atoms with Crippen LogP contribution >= 0.6 is 0 Å². The molecule has 1 aromatic heterocycles. The smallest absolute Gasteiger partial charge is 0.307 e. The molecule has 138 valence electrons. The summed E-state index contributed by atoms with van der Waals surface area (Å²) in [4.78, 5) is 29.6. The van der Waals surface area contributed by atoms with Crippen LogP contribution in [0.1, 0.15) is 24.5 Å². The first-order valence-corrected chi connectivity index (χ1v) is 8.57. The molecule has 0 spiro atoms. The molecule has 0 fully saturated rings. The second kappa shape index (κ2) is 10.2. The second-order valence-corrected chi connectivity index (χ2v) is 5.78. The molecule has 6 heteroatoms. The molecule has 0 N–H and O–H groups in total. The monoisotopic (exact) mass is 356 g/mol. The maximum absolute atomic E-state index is 12.6. The third-order valence-electron chi connectivity index (χ3n) is 3.98. The summed E-state index contributed by atoms with van der Waals surface area (Å²) in [6.07, 6.45) is 4.43. The molecule has 0 unspecified atom stereocenters. The molecular weight excluding hydrogens is 332 g/mol. The number of benzene rings is 1. The van der Waals surface area contributed by atoms with Crippen LogP contribution < -0.4 is 4.74 Å². The number of amides is 1. The number of rotatable bonds is 9. The van der Waals surface area contributed by atoms with Crippen LogP contribution in [0.5, 0.6) is 5.75 Å². The van der Waals surface area contributed by atoms with E-state index < -0.39 is 0 Å². The third-order valence-corrected chi connectivity index (χ3v) is 3.98. The molecule has 6 nitrogen and oxygen atoms in total. The molecule has 26 heavy (non-hydrogen) atoms. The van der Waals surface area contributed by atoms with Crippen molar-refractivity contribution < 1.29 is 19.1 Å². The van der Waals surface area contributed by atoms with Crippen LogP contribution in [0.15, 0.2) is 48.8 Å². The van der Waals surface area contributed by atoms with Gasteiger partial charge in [0.2, 0.25) is 0 Å². The van der Waals surface area contributed by atoms with Gasteiger partial charge in [0, 0.05) is 25.5 Å². The Labute approximate surface area is 153 Å². The molecular formula is C20H24N2O4. The van der Waals surface area contributed by atoms with Crippen molar-refractivity contribution in [2.45, 2.75) is 26.3 Å². The predicted octanol–water partition coefficient (Wildman–Crippen LogP) is 2.61. The Kier molecular flexibility index (Phi) is 7.61. The minimum absolute atomic E-state index is 0.0856. The van der Waals surface area contributed by atoms with Gasteiger partial charge in [0.25, 0.3) is 5.91 Å². The molecule has 0 atom stereocenters. The first kappa shape index (κ1) is 19.4. The van der Waals surface area contributed by atoms with E-state index in [1.807, 2.05) is 36.4 Å². The number of methoxy groups -OCH3 is 1. The molecule has 2 rings (SSSR count). The molecule has 1 amide bonds. The van der Waals surface area contributed by atoms with Crippen LogP contribution in [0.25, 0.3) is 0 Å². The highest BCUT2D eigenvalue weighted by atomic mass is 16.5. The number of pyridine rings is 1. The summed E-state index contributed by atoms with van der Waals surface area (Å²) in [5.41, 5.74) is 2.14. The van der Waals surface area contributed by atoms with E-state index in [2.05, 4.69) is 16.6 Å². The predicted molar refractivity (Wildman–Crippen MR) is 97.6 cm³/mol. The van der Waals surface area contributed by atoms with Crippen molar-refractivity contribution in [3.05, 3.63) is 59.9 Å². The molecule has 0 saturated heterocycles. The van der Waals surface area contributed by atoms with Crippen molar-refractivity contribution in [1.29, 1.82) is 0 Å². The van der Waals surface area contributed by atoms with Gasteiger partial charge in [-0.3, -0.25) is 14.6 Å². The van der Waals surface area contributed by atoms with Gasteiger partial charge < -0.3 is 14.4 Å². The first-order valence-electron chi connectivity index (χ1n) is 8.57. The van der Waals surface area contributed by atoms with Gasteiger partial charge in [-0.25, -0.2) is 0 Å². The largest absolute Gasteiger partial charge is 0.484 e. The molecule has 1 heterocycles. The van der Waals surface area contributed by atoms with E-state index in [9.17, 15) is 9.59 Å². The van der Waals surface area contributed by atoms with Gasteiger partial charge in [-0.15, -0.1) is 0 Å². The fraction of sp³-hybridized carbons (Fsp3) is 0.350. The highest BCUT2D eigenvalue weighted by Gasteiger charge is 2.16. The second-order valence-electron chi connectivity index (χ2n) is 5.78. The fourth-order valence-electron chi connectivity index (χ4n) is 2.39. The van der Waals surface area contributed by atoms with Crippen molar-refractivity contribution in [3.63, 3.8) is 0 Å². The number of hydrogen-bond donors (Lipinski definition) is 0. The molecule has 0 aliphatic heterocycles. The van der Waals surface area contributed by atoms with Crippen molar-refractivity contribution in [2.24, 2.45) is 0 Å². The Morgan fingerprint density at radius 2 is 1.73 bits per heavy atom. The molecule has 0 saturated carbocycles. The number of aryl methyl sites for hydroxylation is 1. The van der Waals surface area contributed by atoms with Crippen LogP contribution in [0.4, 0.5) is 0 Å². The van der Waals surface area contributed by atoms with Crippen molar-refractivity contribution in [1.82, 2.24) is 9.88 Å². The van der Waals surface area contributed by atoms with Gasteiger partial charge in [0.05, 0.1) is 13.5 Å². The Morgan fingerprint density at radius 1 is 1.04 bits per heavy atom. The van der Waals surface area contributed by atoms with Gasteiger partial charge in [0.1, 0.15) is 5.75 Å². The van der Waals surface area contributed by atoms with Crippen molar-refractivity contribution in [2.75, 3.05) is 20.3 Å². The van der Waals surface area contributed by atoms with E-state index in [1.165, 1.54) is 12.7 Å². The summed E-state index contributed by atoms with van der Waals surface area (Å²) < 4.78 is 10.3. The Bertz CT molecular complexity index is 702. The zero-order chi connectivity index (χ0) is 18.8. The Hall–Kier alpha value is -2.89. The number of hydrogen-bond acceptors (Lipinski definition) is 5. The van der Waals surface area contributed by atoms with Gasteiger partial charge >= 0.3 is 5.97 Å². The summed E-state index contributed by atoms with van der Waals surface area (Å²) in [6, 6.07) is 11.3. The summed E-state index contributed by atoms with van der Waals surface area (Å²) in [6.45, 7) is 2.65. The normalized spacial score (nSPS) is 10.2. The molecule has 0 radical (unpaired) electrons. The number of aromatic nitrogens is 1. The standard InChI is InChI=1S/C20H24N2O4/c1-3-16-4-6-18(7-5-16)26-15-19(23)22(13-10-20(24)25-2)14-17-8-11-21-12-9-17/h4-9,11-12H,3,10,13-15H2,1-2H3. The van der Waals surface area contributed by atoms with Gasteiger partial charge in [-0.1, -0.05) is 19.1 Å². The van der Waals surface area contributed by atoms with E-state index in [4.69, 9.17) is 4.74 Å². The molecule has 0 bridgehead atoms. The summed E-state index contributed by atoms with van der Waals surface area (Å²) >= 11 is 0. The van der Waals surface area contributed by atoms with Crippen LogP contribution in [0.3, 0.4) is 0 Å². The van der Waals surface area contributed by atoms with Crippen molar-refractivity contribution >= 4 is 11.9 Å². The van der Waals surface area contributed by atoms with E-state index in [0.717, 1.165) is 12.0 Å². The summed E-state index contributed by atoms with van der Waals surface area (Å²) in [7, 11) is 1.33. The average Bonchev–Trinajstić information content (AvgIpc) is 2.70. The van der Waals surface area contributed by atoms with Crippen molar-refractivity contribution in [3.8, 4) is 5.75 Å². The lowest BCUT2D eigenvalue weighted by Gasteiger charge is -2.22. The van der Waals surface area contributed by atoms with Gasteiger partial charge in [0.15, 0.2) is 6.61 Å². The number of esters is 1. The average molecular weight is 356 g/mol. The maximum Gasteiger partial charge on any atom is 0.307 e. The molecule has 1 aromatic carbocycles. The van der Waals surface area contributed by atoms with E-state index >= 15 is 0 Å². The number of carbonyl (C=O) groups is 2. The summed E-state index contributed by atoms with van der Waals surface area (Å²) in [5, 5.41) is 0. The van der Waals surface area contributed by atoms with Gasteiger partial charge in [-0.2, -0.15) is 0 Å². The number of nitrogens with zero attached hydrogens (tertiary/aromatic N) is 2. The van der Waals surface area contributed by atoms with Crippen LogP contribution in [0, 0.1) is 0 Å². The molecule has 0 aliphatic carbocycles. The van der Waals surface area contributed by atoms with Crippen LogP contribution in [0.2, 0.25) is 0 Å². The van der Waals surface area contributed by atoms with Gasteiger partial charge in [-0.05, 0) is 41.8 Å². The Balaban J connectivity index is 1.97. The highest BCUT2D eigenvalue weighted by Crippen LogP contribution is 2.13. The summed E-state index contributed by atoms with van der Waals surface area (Å²) in [5.74, 6) is 0.103. The maximum atomic E-state index is 12.6. The zero-order valence-electron chi connectivity index (χ0n) is 15.2. The fourth-order valence-corrected chi connectivity index (χ4v) is 2.39. The lowest BCUT2D eigenvalue weighted by Crippen LogP contribution is -2.36. The third kappa shape index (κ3) is 6.20. The number of ether oxygens (including phenoxy) is 2. The lowest BCUT2D eigenvalue weighted by atomic mass is 10.2. The van der Waals surface area contributed by atoms with E-state index in [0.29, 0.717) is 12.3 Å². The number of carbonyl (C=O) groups excluding carboxylic acids is 2. The van der Waals surface area contributed by atoms with E-state index in [1.54, 1.807) is 17.3 Å². The Morgan fingerprint density at radius 3 is 2.35 bits per heavy atom. The van der Waals surface area contributed by atoms with E-state index in [-0.39, 0.29) is 31.4 Å². The molecule has 2 aromatic rings. The van der Waals surface area contributed by atoms with Crippen LogP contribution in [-0.2, 0) is 27.3 Å². The highest BCUT2D eigenvalue weighted by molar-refractivity contribution is 5.78. The quantitative estimate of drug-likeness (QED) is 0.646. The minimum Gasteiger partial charge on any atom is -0.484 e. The zero-order valence-corrected chi connectivity index (χ0v) is 15.2. The first-order chi connectivity index (χ1) is 12.6. The molecule has 0 aliphatic rings.